The Morgan fingerprint density at radius 3 is 2.56 bits per heavy atom. The number of allylic oxidation sites excluding steroid dienone is 1. The van der Waals surface area contributed by atoms with Crippen LogP contribution in [0.15, 0.2) is 12.7 Å². The minimum absolute atomic E-state index is 0.0483. The maximum absolute atomic E-state index is 10.4. The molecule has 0 N–H and O–H groups in total. The third-order valence-corrected chi connectivity index (χ3v) is 0.743. The van der Waals surface area contributed by atoms with Crippen LogP contribution in [0.25, 0.3) is 0 Å². The van der Waals surface area contributed by atoms with Crippen LogP contribution in [0.2, 0.25) is 0 Å². The molecule has 0 bridgehead atoms. The summed E-state index contributed by atoms with van der Waals surface area (Å²) in [5, 5.41) is 0. The molecule has 0 heterocycles. The van der Waals surface area contributed by atoms with E-state index in [0.717, 1.165) is 0 Å². The zero-order valence-electron chi connectivity index (χ0n) is 5.22. The van der Waals surface area contributed by atoms with Gasteiger partial charge < -0.3 is 4.74 Å². The highest BCUT2D eigenvalue weighted by Crippen LogP contribution is 1.85. The van der Waals surface area contributed by atoms with Crippen molar-refractivity contribution in [3.63, 3.8) is 0 Å². The molecule has 0 aromatic heterocycles. The van der Waals surface area contributed by atoms with Gasteiger partial charge in [0.25, 0.3) is 0 Å². The van der Waals surface area contributed by atoms with E-state index in [9.17, 15) is 9.59 Å². The standard InChI is InChI=1S/C6H8O3/c1-3-4-5(7)6(8)9-2/h3H,1,4H2,2H3. The molecule has 0 saturated heterocycles. The topological polar surface area (TPSA) is 43.4 Å². The smallest absolute Gasteiger partial charge is 0.374 e. The van der Waals surface area contributed by atoms with E-state index in [0.29, 0.717) is 0 Å². The van der Waals surface area contributed by atoms with E-state index in [4.69, 9.17) is 0 Å². The molecular formula is C6H8O3. The molecule has 0 spiro atoms. The lowest BCUT2D eigenvalue weighted by Gasteiger charge is -1.91. The number of Topliss-reactive ketones (excluding diaryl/α,β-unsaturated/α-hetero) is 1. The van der Waals surface area contributed by atoms with E-state index in [-0.39, 0.29) is 6.42 Å². The molecule has 0 aliphatic heterocycles. The van der Waals surface area contributed by atoms with Crippen molar-refractivity contribution >= 4 is 11.8 Å². The van der Waals surface area contributed by atoms with Gasteiger partial charge in [-0.05, 0) is 0 Å². The normalized spacial score (nSPS) is 8.11. The summed E-state index contributed by atoms with van der Waals surface area (Å²) in [7, 11) is 1.17. The third kappa shape index (κ3) is 2.64. The fourth-order valence-corrected chi connectivity index (χ4v) is 0.328. The zero-order chi connectivity index (χ0) is 7.28. The lowest BCUT2D eigenvalue weighted by atomic mass is 10.3. The summed E-state index contributed by atoms with van der Waals surface area (Å²) >= 11 is 0. The summed E-state index contributed by atoms with van der Waals surface area (Å²) in [4.78, 5) is 20.7. The number of rotatable bonds is 3. The van der Waals surface area contributed by atoms with Crippen LogP contribution in [0, 0.1) is 0 Å². The summed E-state index contributed by atoms with van der Waals surface area (Å²) in [5.74, 6) is -1.37. The molecule has 0 aromatic carbocycles. The molecule has 50 valence electrons. The Hall–Kier alpha value is -1.12. The van der Waals surface area contributed by atoms with Crippen LogP contribution in [0.3, 0.4) is 0 Å². The fraction of sp³-hybridized carbons (Fsp3) is 0.333. The van der Waals surface area contributed by atoms with Crippen molar-refractivity contribution in [3.8, 4) is 0 Å². The Morgan fingerprint density at radius 2 is 2.22 bits per heavy atom. The second-order valence-electron chi connectivity index (χ2n) is 1.41. The Labute approximate surface area is 53.3 Å². The van der Waals surface area contributed by atoms with Crippen LogP contribution < -0.4 is 0 Å². The van der Waals surface area contributed by atoms with Gasteiger partial charge in [-0.2, -0.15) is 0 Å². The van der Waals surface area contributed by atoms with Crippen LogP contribution in [0.5, 0.6) is 0 Å². The summed E-state index contributed by atoms with van der Waals surface area (Å²) in [6, 6.07) is 0. The molecule has 9 heavy (non-hydrogen) atoms. The second-order valence-corrected chi connectivity index (χ2v) is 1.41. The molecule has 0 atom stereocenters. The summed E-state index contributed by atoms with van der Waals surface area (Å²) in [6.07, 6.45) is 1.41. The fourth-order valence-electron chi connectivity index (χ4n) is 0.328. The molecule has 0 fully saturated rings. The first-order valence-corrected chi connectivity index (χ1v) is 2.44. The zero-order valence-corrected chi connectivity index (χ0v) is 5.22. The van der Waals surface area contributed by atoms with E-state index >= 15 is 0 Å². The van der Waals surface area contributed by atoms with Gasteiger partial charge in [0.05, 0.1) is 7.11 Å². The van der Waals surface area contributed by atoms with Gasteiger partial charge in [0.15, 0.2) is 0 Å². The van der Waals surface area contributed by atoms with Crippen molar-refractivity contribution in [2.24, 2.45) is 0 Å². The number of carbonyl (C=O) groups is 2. The van der Waals surface area contributed by atoms with E-state index in [1.54, 1.807) is 0 Å². The first-order valence-electron chi connectivity index (χ1n) is 2.44. The van der Waals surface area contributed by atoms with Gasteiger partial charge in [0.1, 0.15) is 0 Å². The molecular weight excluding hydrogens is 120 g/mol. The second kappa shape index (κ2) is 3.83. The van der Waals surface area contributed by atoms with Gasteiger partial charge in [0.2, 0.25) is 5.78 Å². The number of hydrogen-bond donors (Lipinski definition) is 0. The molecule has 0 rings (SSSR count). The molecule has 0 saturated carbocycles. The van der Waals surface area contributed by atoms with E-state index in [1.165, 1.54) is 13.2 Å². The van der Waals surface area contributed by atoms with Gasteiger partial charge in [-0.15, -0.1) is 6.58 Å². The highest BCUT2D eigenvalue weighted by molar-refractivity contribution is 6.33. The first kappa shape index (κ1) is 7.88. The minimum atomic E-state index is -0.810. The van der Waals surface area contributed by atoms with Crippen molar-refractivity contribution in [2.45, 2.75) is 6.42 Å². The van der Waals surface area contributed by atoms with Crippen molar-refractivity contribution in [1.82, 2.24) is 0 Å². The lowest BCUT2D eigenvalue weighted by Crippen LogP contribution is -2.13. The summed E-state index contributed by atoms with van der Waals surface area (Å²) in [5.41, 5.74) is 0. The monoisotopic (exact) mass is 128 g/mol. The van der Waals surface area contributed by atoms with Gasteiger partial charge in [-0.25, -0.2) is 4.79 Å². The van der Waals surface area contributed by atoms with Crippen molar-refractivity contribution < 1.29 is 14.3 Å². The summed E-state index contributed by atoms with van der Waals surface area (Å²) < 4.78 is 4.13. The highest BCUT2D eigenvalue weighted by atomic mass is 16.5. The molecule has 0 unspecified atom stereocenters. The van der Waals surface area contributed by atoms with Crippen LogP contribution in [-0.2, 0) is 14.3 Å². The SMILES string of the molecule is C=CCC(=O)C(=O)OC. The maximum atomic E-state index is 10.4. The average Bonchev–Trinajstić information content (AvgIpc) is 1.87. The number of methoxy groups -OCH3 is 1. The number of ether oxygens (including phenoxy) is 1. The average molecular weight is 128 g/mol. The molecule has 0 aliphatic rings. The Kier molecular flexibility index (Phi) is 3.35. The van der Waals surface area contributed by atoms with Gasteiger partial charge in [0, 0.05) is 6.42 Å². The summed E-state index contributed by atoms with van der Waals surface area (Å²) in [6.45, 7) is 3.29. The van der Waals surface area contributed by atoms with E-state index in [2.05, 4.69) is 11.3 Å². The predicted molar refractivity (Wildman–Crippen MR) is 31.8 cm³/mol. The Bertz CT molecular complexity index is 137. The lowest BCUT2D eigenvalue weighted by molar-refractivity contribution is -0.151. The minimum Gasteiger partial charge on any atom is -0.463 e. The number of ketones is 1. The molecule has 3 nitrogen and oxygen atoms in total. The van der Waals surface area contributed by atoms with E-state index < -0.39 is 11.8 Å². The van der Waals surface area contributed by atoms with Crippen LogP contribution >= 0.6 is 0 Å². The third-order valence-electron chi connectivity index (χ3n) is 0.743. The Balaban J connectivity index is 3.73. The highest BCUT2D eigenvalue weighted by Gasteiger charge is 2.09. The largest absolute Gasteiger partial charge is 0.463 e. The van der Waals surface area contributed by atoms with Gasteiger partial charge in [-0.3, -0.25) is 4.79 Å². The number of hydrogen-bond acceptors (Lipinski definition) is 3. The van der Waals surface area contributed by atoms with Gasteiger partial charge >= 0.3 is 5.97 Å². The number of esters is 1. The molecule has 3 heteroatoms. The molecule has 0 amide bonds. The van der Waals surface area contributed by atoms with Crippen molar-refractivity contribution in [2.75, 3.05) is 7.11 Å². The molecule has 0 aromatic rings. The Morgan fingerprint density at radius 1 is 1.67 bits per heavy atom. The molecule has 0 aliphatic carbocycles. The molecule has 0 radical (unpaired) electrons. The van der Waals surface area contributed by atoms with Crippen LogP contribution in [-0.4, -0.2) is 18.9 Å². The first-order chi connectivity index (χ1) is 4.22. The van der Waals surface area contributed by atoms with E-state index in [1.807, 2.05) is 0 Å². The maximum Gasteiger partial charge on any atom is 0.374 e. The quantitative estimate of drug-likeness (QED) is 0.312. The van der Waals surface area contributed by atoms with Crippen LogP contribution in [0.1, 0.15) is 6.42 Å². The predicted octanol–water partition coefficient (Wildman–Crippen LogP) is 0.305. The van der Waals surface area contributed by atoms with Crippen LogP contribution in [0.4, 0.5) is 0 Å². The van der Waals surface area contributed by atoms with Crippen molar-refractivity contribution in [3.05, 3.63) is 12.7 Å². The number of carbonyl (C=O) groups excluding carboxylic acids is 2. The van der Waals surface area contributed by atoms with Crippen molar-refractivity contribution in [1.29, 1.82) is 0 Å². The van der Waals surface area contributed by atoms with Gasteiger partial charge in [-0.1, -0.05) is 6.08 Å².